The summed E-state index contributed by atoms with van der Waals surface area (Å²) in [6.07, 6.45) is 0.697. The van der Waals surface area contributed by atoms with Crippen molar-refractivity contribution in [3.63, 3.8) is 0 Å². The summed E-state index contributed by atoms with van der Waals surface area (Å²) in [5.74, 6) is -0.936. The molecule has 0 spiro atoms. The molecule has 1 aromatic carbocycles. The second-order valence-electron chi connectivity index (χ2n) is 4.67. The number of ether oxygens (including phenoxy) is 1. The van der Waals surface area contributed by atoms with E-state index in [4.69, 9.17) is 4.74 Å². The first-order valence-electron chi connectivity index (χ1n) is 6.87. The molecule has 0 aliphatic rings. The van der Waals surface area contributed by atoms with Crippen LogP contribution in [0.4, 0.5) is 0 Å². The van der Waals surface area contributed by atoms with Crippen molar-refractivity contribution in [1.29, 1.82) is 0 Å². The van der Waals surface area contributed by atoms with Crippen molar-refractivity contribution in [3.8, 4) is 11.5 Å². The van der Waals surface area contributed by atoms with Crippen molar-refractivity contribution in [2.45, 2.75) is 33.1 Å². The number of nitrogens with one attached hydrogen (secondary N) is 1. The number of rotatable bonds is 7. The Labute approximate surface area is 123 Å². The number of carbonyl (C=O) groups excluding carboxylic acids is 2. The molecule has 1 rings (SSSR count). The number of phenolic OH excluding ortho intramolecular Hbond substituents is 2. The van der Waals surface area contributed by atoms with Gasteiger partial charge in [-0.1, -0.05) is 0 Å². The average Bonchev–Trinajstić information content (AvgIpc) is 2.42. The number of hydrogen-bond donors (Lipinski definition) is 3. The quantitative estimate of drug-likeness (QED) is 0.522. The third-order valence-corrected chi connectivity index (χ3v) is 3.01. The predicted molar refractivity (Wildman–Crippen MR) is 77.1 cm³/mol. The Morgan fingerprint density at radius 3 is 2.52 bits per heavy atom. The van der Waals surface area contributed by atoms with E-state index in [-0.39, 0.29) is 36.2 Å². The van der Waals surface area contributed by atoms with Gasteiger partial charge in [0.15, 0.2) is 11.5 Å². The molecule has 0 aliphatic carbocycles. The van der Waals surface area contributed by atoms with Crippen LogP contribution in [-0.2, 0) is 20.7 Å². The Hall–Kier alpha value is -2.24. The van der Waals surface area contributed by atoms with Gasteiger partial charge in [-0.3, -0.25) is 9.59 Å². The molecule has 3 N–H and O–H groups in total. The lowest BCUT2D eigenvalue weighted by atomic mass is 10.0. The SMILES string of the molecule is CCOC(=O)CCC(=O)NCCc1cc(O)c(O)cc1C. The van der Waals surface area contributed by atoms with E-state index in [2.05, 4.69) is 5.32 Å². The van der Waals surface area contributed by atoms with E-state index in [0.29, 0.717) is 19.6 Å². The highest BCUT2D eigenvalue weighted by Gasteiger charge is 2.08. The van der Waals surface area contributed by atoms with Crippen LogP contribution in [-0.4, -0.2) is 35.2 Å². The highest BCUT2D eigenvalue weighted by Crippen LogP contribution is 2.27. The van der Waals surface area contributed by atoms with Crippen LogP contribution >= 0.6 is 0 Å². The third kappa shape index (κ3) is 5.72. The van der Waals surface area contributed by atoms with Crippen LogP contribution in [0.15, 0.2) is 12.1 Å². The van der Waals surface area contributed by atoms with E-state index in [1.807, 2.05) is 6.92 Å². The van der Waals surface area contributed by atoms with E-state index in [9.17, 15) is 19.8 Å². The Kier molecular flexibility index (Phi) is 6.52. The molecule has 21 heavy (non-hydrogen) atoms. The van der Waals surface area contributed by atoms with Gasteiger partial charge in [-0.05, 0) is 43.5 Å². The average molecular weight is 295 g/mol. The van der Waals surface area contributed by atoms with Crippen molar-refractivity contribution in [1.82, 2.24) is 5.32 Å². The molecular weight excluding hydrogens is 274 g/mol. The Morgan fingerprint density at radius 1 is 1.19 bits per heavy atom. The lowest BCUT2D eigenvalue weighted by Crippen LogP contribution is -2.26. The maximum atomic E-state index is 11.5. The number of benzene rings is 1. The van der Waals surface area contributed by atoms with Gasteiger partial charge in [-0.25, -0.2) is 0 Å². The van der Waals surface area contributed by atoms with Gasteiger partial charge in [0.05, 0.1) is 13.0 Å². The van der Waals surface area contributed by atoms with Crippen molar-refractivity contribution in [2.24, 2.45) is 0 Å². The second-order valence-corrected chi connectivity index (χ2v) is 4.67. The molecular formula is C15H21NO5. The summed E-state index contributed by atoms with van der Waals surface area (Å²) in [6.45, 7) is 4.24. The number of hydrogen-bond acceptors (Lipinski definition) is 5. The van der Waals surface area contributed by atoms with E-state index < -0.39 is 0 Å². The van der Waals surface area contributed by atoms with E-state index in [1.165, 1.54) is 12.1 Å². The van der Waals surface area contributed by atoms with Crippen LogP contribution in [0, 0.1) is 6.92 Å². The maximum Gasteiger partial charge on any atom is 0.306 e. The third-order valence-electron chi connectivity index (χ3n) is 3.01. The molecule has 0 aliphatic heterocycles. The van der Waals surface area contributed by atoms with Crippen LogP contribution in [0.1, 0.15) is 30.9 Å². The van der Waals surface area contributed by atoms with Gasteiger partial charge in [0, 0.05) is 13.0 Å². The smallest absolute Gasteiger partial charge is 0.306 e. The molecule has 6 heteroatoms. The number of aromatic hydroxyl groups is 2. The highest BCUT2D eigenvalue weighted by molar-refractivity contribution is 5.81. The fourth-order valence-corrected chi connectivity index (χ4v) is 1.87. The molecule has 0 bridgehead atoms. The van der Waals surface area contributed by atoms with Crippen molar-refractivity contribution < 1.29 is 24.5 Å². The molecule has 0 radical (unpaired) electrons. The second kappa shape index (κ2) is 8.14. The van der Waals surface area contributed by atoms with Crippen molar-refractivity contribution >= 4 is 11.9 Å². The van der Waals surface area contributed by atoms with Gasteiger partial charge in [0.2, 0.25) is 5.91 Å². The first kappa shape index (κ1) is 16.8. The molecule has 6 nitrogen and oxygen atoms in total. The van der Waals surface area contributed by atoms with E-state index in [1.54, 1.807) is 6.92 Å². The number of carbonyl (C=O) groups is 2. The zero-order valence-corrected chi connectivity index (χ0v) is 12.3. The van der Waals surface area contributed by atoms with Crippen LogP contribution in [0.25, 0.3) is 0 Å². The molecule has 0 fully saturated rings. The van der Waals surface area contributed by atoms with Crippen LogP contribution in [0.5, 0.6) is 11.5 Å². The summed E-state index contributed by atoms with van der Waals surface area (Å²) in [4.78, 5) is 22.6. The molecule has 0 aromatic heterocycles. The van der Waals surface area contributed by atoms with E-state index >= 15 is 0 Å². The van der Waals surface area contributed by atoms with Gasteiger partial charge in [-0.2, -0.15) is 0 Å². The molecule has 0 atom stereocenters. The van der Waals surface area contributed by atoms with Crippen molar-refractivity contribution in [2.75, 3.05) is 13.2 Å². The zero-order valence-electron chi connectivity index (χ0n) is 12.3. The van der Waals surface area contributed by atoms with Gasteiger partial charge >= 0.3 is 5.97 Å². The lowest BCUT2D eigenvalue weighted by Gasteiger charge is -2.09. The van der Waals surface area contributed by atoms with Crippen LogP contribution in [0.3, 0.4) is 0 Å². The fraction of sp³-hybridized carbons (Fsp3) is 0.467. The summed E-state index contributed by atoms with van der Waals surface area (Å²) in [5.41, 5.74) is 1.68. The molecule has 0 heterocycles. The topological polar surface area (TPSA) is 95.9 Å². The van der Waals surface area contributed by atoms with Crippen LogP contribution in [0.2, 0.25) is 0 Å². The predicted octanol–water partition coefficient (Wildman–Crippen LogP) is 1.41. The molecule has 116 valence electrons. The minimum absolute atomic E-state index is 0.0682. The van der Waals surface area contributed by atoms with Gasteiger partial charge in [0.1, 0.15) is 0 Å². The minimum Gasteiger partial charge on any atom is -0.504 e. The Balaban J connectivity index is 2.35. The summed E-state index contributed by atoms with van der Waals surface area (Å²) >= 11 is 0. The number of esters is 1. The van der Waals surface area contributed by atoms with Gasteiger partial charge < -0.3 is 20.3 Å². The number of phenols is 2. The summed E-state index contributed by atoms with van der Waals surface area (Å²) < 4.78 is 4.74. The summed E-state index contributed by atoms with van der Waals surface area (Å²) in [6, 6.07) is 2.96. The number of aryl methyl sites for hydroxylation is 1. The largest absolute Gasteiger partial charge is 0.504 e. The van der Waals surface area contributed by atoms with Crippen LogP contribution < -0.4 is 5.32 Å². The van der Waals surface area contributed by atoms with E-state index in [0.717, 1.165) is 11.1 Å². The molecule has 0 saturated heterocycles. The Morgan fingerprint density at radius 2 is 1.86 bits per heavy atom. The zero-order chi connectivity index (χ0) is 15.8. The maximum absolute atomic E-state index is 11.5. The van der Waals surface area contributed by atoms with Gasteiger partial charge in [-0.15, -0.1) is 0 Å². The standard InChI is InChI=1S/C15H21NO5/c1-3-21-15(20)5-4-14(19)16-7-6-11-9-13(18)12(17)8-10(11)2/h8-9,17-18H,3-7H2,1-2H3,(H,16,19). The summed E-state index contributed by atoms with van der Waals surface area (Å²) in [5, 5.41) is 21.5. The highest BCUT2D eigenvalue weighted by atomic mass is 16.5. The Bertz CT molecular complexity index is 513. The molecule has 1 amide bonds. The van der Waals surface area contributed by atoms with Crippen molar-refractivity contribution in [3.05, 3.63) is 23.3 Å². The first-order chi connectivity index (χ1) is 9.93. The molecule has 0 saturated carbocycles. The minimum atomic E-state index is -0.382. The summed E-state index contributed by atoms with van der Waals surface area (Å²) in [7, 11) is 0. The number of amides is 1. The molecule has 0 unspecified atom stereocenters. The monoisotopic (exact) mass is 295 g/mol. The fourth-order valence-electron chi connectivity index (χ4n) is 1.87. The van der Waals surface area contributed by atoms with Gasteiger partial charge in [0.25, 0.3) is 0 Å². The molecule has 1 aromatic rings. The first-order valence-corrected chi connectivity index (χ1v) is 6.87. The normalized spacial score (nSPS) is 10.2. The lowest BCUT2D eigenvalue weighted by molar-refractivity contribution is -0.144.